The van der Waals surface area contributed by atoms with Crippen LogP contribution in [0.15, 0.2) is 18.2 Å². The Bertz CT molecular complexity index is 439. The average molecular weight is 366 g/mol. The molecule has 5 heteroatoms. The van der Waals surface area contributed by atoms with Gasteiger partial charge in [-0.15, -0.1) is 0 Å². The van der Waals surface area contributed by atoms with Gasteiger partial charge in [0.1, 0.15) is 0 Å². The first-order chi connectivity index (χ1) is 8.08. The van der Waals surface area contributed by atoms with Crippen molar-refractivity contribution in [3.63, 3.8) is 0 Å². The minimum absolute atomic E-state index is 0.0343. The van der Waals surface area contributed by atoms with Gasteiger partial charge in [0.2, 0.25) is 0 Å². The minimum Gasteiger partial charge on any atom is -0.375 e. The fraction of sp³-hybridized carbons (Fsp3) is 0.417. The number of hydrogen-bond acceptors (Lipinski definition) is 2. The first kappa shape index (κ1) is 13.1. The van der Waals surface area contributed by atoms with Crippen molar-refractivity contribution in [2.45, 2.75) is 13.0 Å². The van der Waals surface area contributed by atoms with Gasteiger partial charge in [0, 0.05) is 21.7 Å². The number of rotatable bonds is 1. The standard InChI is InChI=1S/C12H13ClINO2/c1-8-7-15(4-5-17-8)12(16)10-6-9(13)2-3-11(10)14/h2-3,6,8H,4-5,7H2,1H3/t8-/m0/s1. The third-order valence-corrected chi connectivity index (χ3v) is 3.86. The molecular formula is C12H13ClINO2. The smallest absolute Gasteiger partial charge is 0.255 e. The van der Waals surface area contributed by atoms with E-state index in [4.69, 9.17) is 16.3 Å². The summed E-state index contributed by atoms with van der Waals surface area (Å²) >= 11 is 8.09. The molecule has 3 nitrogen and oxygen atoms in total. The summed E-state index contributed by atoms with van der Waals surface area (Å²) in [5.74, 6) is 0.0343. The largest absolute Gasteiger partial charge is 0.375 e. The van der Waals surface area contributed by atoms with Crippen molar-refractivity contribution < 1.29 is 9.53 Å². The van der Waals surface area contributed by atoms with E-state index in [0.29, 0.717) is 30.3 Å². The van der Waals surface area contributed by atoms with Gasteiger partial charge in [0.25, 0.3) is 5.91 Å². The Hall–Kier alpha value is -0.330. The van der Waals surface area contributed by atoms with Crippen LogP contribution in [-0.4, -0.2) is 36.6 Å². The molecule has 0 spiro atoms. The summed E-state index contributed by atoms with van der Waals surface area (Å²) in [4.78, 5) is 14.1. The highest BCUT2D eigenvalue weighted by molar-refractivity contribution is 14.1. The van der Waals surface area contributed by atoms with Crippen LogP contribution in [0.5, 0.6) is 0 Å². The molecule has 17 heavy (non-hydrogen) atoms. The fourth-order valence-corrected chi connectivity index (χ4v) is 2.57. The van der Waals surface area contributed by atoms with E-state index in [9.17, 15) is 4.79 Å². The van der Waals surface area contributed by atoms with Gasteiger partial charge in [-0.25, -0.2) is 0 Å². The highest BCUT2D eigenvalue weighted by Gasteiger charge is 2.23. The van der Waals surface area contributed by atoms with Crippen molar-refractivity contribution in [2.24, 2.45) is 0 Å². The predicted molar refractivity (Wildman–Crippen MR) is 75.5 cm³/mol. The number of halogens is 2. The molecular weight excluding hydrogens is 352 g/mol. The third-order valence-electron chi connectivity index (χ3n) is 2.69. The van der Waals surface area contributed by atoms with Crippen LogP contribution >= 0.6 is 34.2 Å². The molecule has 0 unspecified atom stereocenters. The molecule has 1 aromatic rings. The van der Waals surface area contributed by atoms with Crippen LogP contribution in [0.2, 0.25) is 5.02 Å². The zero-order valence-corrected chi connectivity index (χ0v) is 12.4. The Balaban J connectivity index is 2.21. The van der Waals surface area contributed by atoms with Crippen molar-refractivity contribution >= 4 is 40.1 Å². The topological polar surface area (TPSA) is 29.5 Å². The summed E-state index contributed by atoms with van der Waals surface area (Å²) in [6.45, 7) is 3.86. The Morgan fingerprint density at radius 2 is 2.35 bits per heavy atom. The number of nitrogens with zero attached hydrogens (tertiary/aromatic N) is 1. The van der Waals surface area contributed by atoms with E-state index >= 15 is 0 Å². The van der Waals surface area contributed by atoms with Crippen LogP contribution in [0.1, 0.15) is 17.3 Å². The SMILES string of the molecule is C[C@H]1CN(C(=O)c2cc(Cl)ccc2I)CCO1. The van der Waals surface area contributed by atoms with E-state index in [2.05, 4.69) is 22.6 Å². The van der Waals surface area contributed by atoms with Gasteiger partial charge in [-0.05, 0) is 47.7 Å². The van der Waals surface area contributed by atoms with Gasteiger partial charge in [0.15, 0.2) is 0 Å². The molecule has 2 rings (SSSR count). The molecule has 1 atom stereocenters. The highest BCUT2D eigenvalue weighted by atomic mass is 127. The van der Waals surface area contributed by atoms with Crippen molar-refractivity contribution in [3.05, 3.63) is 32.4 Å². The second-order valence-corrected chi connectivity index (χ2v) is 5.66. The lowest BCUT2D eigenvalue weighted by Gasteiger charge is -2.31. The first-order valence-corrected chi connectivity index (χ1v) is 6.89. The summed E-state index contributed by atoms with van der Waals surface area (Å²) in [6, 6.07) is 5.38. The lowest BCUT2D eigenvalue weighted by molar-refractivity contribution is -0.0124. The average Bonchev–Trinajstić information content (AvgIpc) is 2.31. The molecule has 1 heterocycles. The second-order valence-electron chi connectivity index (χ2n) is 4.06. The van der Waals surface area contributed by atoms with Crippen molar-refractivity contribution in [2.75, 3.05) is 19.7 Å². The lowest BCUT2D eigenvalue weighted by Crippen LogP contribution is -2.44. The Kier molecular flexibility index (Phi) is 4.27. The molecule has 92 valence electrons. The normalized spacial score (nSPS) is 20.4. The van der Waals surface area contributed by atoms with Gasteiger partial charge < -0.3 is 9.64 Å². The Morgan fingerprint density at radius 3 is 3.06 bits per heavy atom. The molecule has 1 aromatic carbocycles. The maximum atomic E-state index is 12.3. The van der Waals surface area contributed by atoms with Crippen LogP contribution in [0, 0.1) is 3.57 Å². The number of carbonyl (C=O) groups is 1. The molecule has 0 N–H and O–H groups in total. The van der Waals surface area contributed by atoms with Gasteiger partial charge >= 0.3 is 0 Å². The highest BCUT2D eigenvalue weighted by Crippen LogP contribution is 2.20. The number of amides is 1. The van der Waals surface area contributed by atoms with Gasteiger partial charge in [-0.1, -0.05) is 11.6 Å². The monoisotopic (exact) mass is 365 g/mol. The van der Waals surface area contributed by atoms with Gasteiger partial charge in [-0.3, -0.25) is 4.79 Å². The minimum atomic E-state index is 0.0343. The molecule has 1 fully saturated rings. The van der Waals surface area contributed by atoms with E-state index in [1.165, 1.54) is 0 Å². The summed E-state index contributed by atoms with van der Waals surface area (Å²) in [7, 11) is 0. The molecule has 0 bridgehead atoms. The van der Waals surface area contributed by atoms with Gasteiger partial charge in [-0.2, -0.15) is 0 Å². The molecule has 1 amide bonds. The van der Waals surface area contributed by atoms with Crippen molar-refractivity contribution in [1.82, 2.24) is 4.90 Å². The Morgan fingerprint density at radius 1 is 1.59 bits per heavy atom. The maximum Gasteiger partial charge on any atom is 0.255 e. The number of ether oxygens (including phenoxy) is 1. The number of benzene rings is 1. The molecule has 1 saturated heterocycles. The van der Waals surface area contributed by atoms with Crippen LogP contribution in [0.3, 0.4) is 0 Å². The van der Waals surface area contributed by atoms with Crippen LogP contribution in [0.25, 0.3) is 0 Å². The van der Waals surface area contributed by atoms with Crippen molar-refractivity contribution in [1.29, 1.82) is 0 Å². The lowest BCUT2D eigenvalue weighted by atomic mass is 10.2. The van der Waals surface area contributed by atoms with Crippen LogP contribution < -0.4 is 0 Å². The molecule has 1 aliphatic rings. The maximum absolute atomic E-state index is 12.3. The fourth-order valence-electron chi connectivity index (χ4n) is 1.83. The molecule has 0 aromatic heterocycles. The van der Waals surface area contributed by atoms with Crippen LogP contribution in [0.4, 0.5) is 0 Å². The summed E-state index contributed by atoms with van der Waals surface area (Å²) in [5.41, 5.74) is 0.673. The number of carbonyl (C=O) groups excluding carboxylic acids is 1. The molecule has 0 aliphatic carbocycles. The zero-order chi connectivity index (χ0) is 12.4. The quantitative estimate of drug-likeness (QED) is 0.716. The van der Waals surface area contributed by atoms with E-state index in [0.717, 1.165) is 3.57 Å². The summed E-state index contributed by atoms with van der Waals surface area (Å²) in [6.07, 6.45) is 0.101. The number of hydrogen-bond donors (Lipinski definition) is 0. The second kappa shape index (κ2) is 5.54. The zero-order valence-electron chi connectivity index (χ0n) is 9.45. The van der Waals surface area contributed by atoms with E-state index < -0.39 is 0 Å². The van der Waals surface area contributed by atoms with E-state index in [1.54, 1.807) is 12.1 Å². The third kappa shape index (κ3) is 3.11. The molecule has 0 radical (unpaired) electrons. The Labute approximate surface area is 119 Å². The van der Waals surface area contributed by atoms with Crippen molar-refractivity contribution in [3.8, 4) is 0 Å². The molecule has 0 saturated carbocycles. The predicted octanol–water partition coefficient (Wildman–Crippen LogP) is 2.81. The van der Waals surface area contributed by atoms with E-state index in [1.807, 2.05) is 17.9 Å². The van der Waals surface area contributed by atoms with Crippen LogP contribution in [-0.2, 0) is 4.74 Å². The summed E-state index contributed by atoms with van der Waals surface area (Å²) in [5, 5.41) is 0.593. The van der Waals surface area contributed by atoms with E-state index in [-0.39, 0.29) is 12.0 Å². The number of morpholine rings is 1. The molecule has 1 aliphatic heterocycles. The first-order valence-electron chi connectivity index (χ1n) is 5.44. The van der Waals surface area contributed by atoms with Gasteiger partial charge in [0.05, 0.1) is 18.3 Å². The summed E-state index contributed by atoms with van der Waals surface area (Å²) < 4.78 is 6.35.